The zero-order valence-electron chi connectivity index (χ0n) is 15.5. The van der Waals surface area contributed by atoms with Crippen LogP contribution < -0.4 is 15.4 Å². The SMILES string of the molecule is C[C@H]([NH2+]CC(=O)Nc1ccc(OCc2ccccc2)cc1)c1ccccc1. The molecule has 4 nitrogen and oxygen atoms in total. The van der Waals surface area contributed by atoms with Crippen LogP contribution in [-0.4, -0.2) is 12.5 Å². The number of benzene rings is 3. The molecule has 0 saturated carbocycles. The van der Waals surface area contributed by atoms with Gasteiger partial charge < -0.3 is 15.4 Å². The third-order valence-electron chi connectivity index (χ3n) is 4.37. The summed E-state index contributed by atoms with van der Waals surface area (Å²) in [7, 11) is 0. The Morgan fingerprint density at radius 3 is 2.22 bits per heavy atom. The van der Waals surface area contributed by atoms with E-state index in [0.29, 0.717) is 13.2 Å². The molecule has 3 aromatic carbocycles. The Balaban J connectivity index is 1.44. The molecule has 0 unspecified atom stereocenters. The molecule has 1 atom stereocenters. The second-order valence-corrected chi connectivity index (χ2v) is 6.49. The lowest BCUT2D eigenvalue weighted by atomic mass is 10.1. The number of quaternary nitrogens is 1. The molecule has 0 fully saturated rings. The fourth-order valence-electron chi connectivity index (χ4n) is 2.76. The first-order chi connectivity index (χ1) is 13.2. The van der Waals surface area contributed by atoms with E-state index in [1.165, 1.54) is 5.56 Å². The van der Waals surface area contributed by atoms with Crippen molar-refractivity contribution in [1.82, 2.24) is 0 Å². The summed E-state index contributed by atoms with van der Waals surface area (Å²) in [5, 5.41) is 4.95. The van der Waals surface area contributed by atoms with E-state index in [9.17, 15) is 4.79 Å². The fraction of sp³-hybridized carbons (Fsp3) is 0.174. The van der Waals surface area contributed by atoms with Crippen molar-refractivity contribution in [2.45, 2.75) is 19.6 Å². The van der Waals surface area contributed by atoms with Gasteiger partial charge in [0.2, 0.25) is 0 Å². The summed E-state index contributed by atoms with van der Waals surface area (Å²) in [4.78, 5) is 12.2. The molecule has 3 aromatic rings. The first-order valence-electron chi connectivity index (χ1n) is 9.15. The van der Waals surface area contributed by atoms with E-state index in [0.717, 1.165) is 17.0 Å². The van der Waals surface area contributed by atoms with Crippen LogP contribution in [0.3, 0.4) is 0 Å². The van der Waals surface area contributed by atoms with E-state index >= 15 is 0 Å². The van der Waals surface area contributed by atoms with Crippen LogP contribution in [0, 0.1) is 0 Å². The van der Waals surface area contributed by atoms with Crippen molar-refractivity contribution >= 4 is 11.6 Å². The summed E-state index contributed by atoms with van der Waals surface area (Å²) in [5.74, 6) is 0.761. The van der Waals surface area contributed by atoms with Crippen LogP contribution in [0.25, 0.3) is 0 Å². The van der Waals surface area contributed by atoms with Gasteiger partial charge in [0.1, 0.15) is 18.4 Å². The highest BCUT2D eigenvalue weighted by molar-refractivity contribution is 5.91. The minimum absolute atomic E-state index is 0.0178. The Bertz CT molecular complexity index is 833. The maximum Gasteiger partial charge on any atom is 0.279 e. The van der Waals surface area contributed by atoms with Gasteiger partial charge in [-0.25, -0.2) is 0 Å². The summed E-state index contributed by atoms with van der Waals surface area (Å²) >= 11 is 0. The number of amides is 1. The molecule has 138 valence electrons. The monoisotopic (exact) mass is 361 g/mol. The summed E-state index contributed by atoms with van der Waals surface area (Å²) in [6.07, 6.45) is 0. The van der Waals surface area contributed by atoms with E-state index in [1.54, 1.807) is 0 Å². The van der Waals surface area contributed by atoms with Gasteiger partial charge >= 0.3 is 0 Å². The zero-order chi connectivity index (χ0) is 18.9. The number of rotatable bonds is 8. The van der Waals surface area contributed by atoms with Gasteiger partial charge in [-0.05, 0) is 36.8 Å². The van der Waals surface area contributed by atoms with Crippen LogP contribution in [0.1, 0.15) is 24.1 Å². The average Bonchev–Trinajstić information content (AvgIpc) is 2.73. The number of hydrogen-bond donors (Lipinski definition) is 2. The smallest absolute Gasteiger partial charge is 0.279 e. The molecular weight excluding hydrogens is 336 g/mol. The maximum atomic E-state index is 12.2. The van der Waals surface area contributed by atoms with Crippen LogP contribution in [-0.2, 0) is 11.4 Å². The van der Waals surface area contributed by atoms with Crippen molar-refractivity contribution in [3.63, 3.8) is 0 Å². The third-order valence-corrected chi connectivity index (χ3v) is 4.37. The number of hydrogen-bond acceptors (Lipinski definition) is 2. The second kappa shape index (κ2) is 9.55. The van der Waals surface area contributed by atoms with Crippen molar-refractivity contribution in [3.8, 4) is 5.75 Å². The largest absolute Gasteiger partial charge is 0.489 e. The molecule has 1 amide bonds. The van der Waals surface area contributed by atoms with E-state index < -0.39 is 0 Å². The Kier molecular flexibility index (Phi) is 6.61. The number of carbonyl (C=O) groups excluding carboxylic acids is 1. The van der Waals surface area contributed by atoms with Crippen molar-refractivity contribution in [2.75, 3.05) is 11.9 Å². The standard InChI is InChI=1S/C23H24N2O2/c1-18(20-10-6-3-7-11-20)24-16-23(26)25-21-12-14-22(15-13-21)27-17-19-8-4-2-5-9-19/h2-15,18,24H,16-17H2,1H3,(H,25,26)/p+1/t18-/m0/s1. The highest BCUT2D eigenvalue weighted by Crippen LogP contribution is 2.17. The Morgan fingerprint density at radius 2 is 1.56 bits per heavy atom. The van der Waals surface area contributed by atoms with Gasteiger partial charge in [-0.1, -0.05) is 60.7 Å². The molecule has 3 rings (SSSR count). The molecule has 0 saturated heterocycles. The number of nitrogens with one attached hydrogen (secondary N) is 1. The Morgan fingerprint density at radius 1 is 0.926 bits per heavy atom. The van der Waals surface area contributed by atoms with E-state index in [1.807, 2.05) is 78.1 Å². The normalized spacial score (nSPS) is 11.6. The first kappa shape index (κ1) is 18.7. The van der Waals surface area contributed by atoms with Crippen molar-refractivity contribution in [1.29, 1.82) is 0 Å². The number of carbonyl (C=O) groups is 1. The van der Waals surface area contributed by atoms with Gasteiger partial charge in [-0.3, -0.25) is 4.79 Å². The summed E-state index contributed by atoms with van der Waals surface area (Å²) < 4.78 is 5.76. The highest BCUT2D eigenvalue weighted by atomic mass is 16.5. The first-order valence-corrected chi connectivity index (χ1v) is 9.15. The Hall–Kier alpha value is -3.11. The molecule has 0 aromatic heterocycles. The Labute approximate surface area is 160 Å². The topological polar surface area (TPSA) is 54.9 Å². The van der Waals surface area contributed by atoms with Crippen LogP contribution >= 0.6 is 0 Å². The van der Waals surface area contributed by atoms with Crippen LogP contribution in [0.4, 0.5) is 5.69 Å². The van der Waals surface area contributed by atoms with Gasteiger partial charge in [0, 0.05) is 11.3 Å². The predicted molar refractivity (Wildman–Crippen MR) is 107 cm³/mol. The van der Waals surface area contributed by atoms with Gasteiger partial charge in [0.05, 0.1) is 0 Å². The van der Waals surface area contributed by atoms with E-state index in [4.69, 9.17) is 4.74 Å². The second-order valence-electron chi connectivity index (χ2n) is 6.49. The zero-order valence-corrected chi connectivity index (χ0v) is 15.5. The lowest BCUT2D eigenvalue weighted by Crippen LogP contribution is -2.86. The highest BCUT2D eigenvalue weighted by Gasteiger charge is 2.11. The number of nitrogens with two attached hydrogens (primary N) is 1. The van der Waals surface area contributed by atoms with Crippen molar-refractivity contribution in [3.05, 3.63) is 96.1 Å². The molecule has 0 aliphatic rings. The number of anilines is 1. The molecule has 0 aliphatic carbocycles. The lowest BCUT2D eigenvalue weighted by molar-refractivity contribution is -0.682. The molecule has 27 heavy (non-hydrogen) atoms. The molecule has 4 heteroatoms. The molecule has 0 spiro atoms. The predicted octanol–water partition coefficient (Wildman–Crippen LogP) is 3.53. The minimum Gasteiger partial charge on any atom is -0.489 e. The van der Waals surface area contributed by atoms with Gasteiger partial charge in [-0.15, -0.1) is 0 Å². The molecule has 0 bridgehead atoms. The fourth-order valence-corrected chi connectivity index (χ4v) is 2.76. The quantitative estimate of drug-likeness (QED) is 0.645. The lowest BCUT2D eigenvalue weighted by Gasteiger charge is -2.11. The molecule has 0 radical (unpaired) electrons. The van der Waals surface area contributed by atoms with E-state index in [-0.39, 0.29) is 11.9 Å². The number of ether oxygens (including phenoxy) is 1. The van der Waals surface area contributed by atoms with Crippen LogP contribution in [0.5, 0.6) is 5.75 Å². The van der Waals surface area contributed by atoms with Gasteiger partial charge in [0.25, 0.3) is 5.91 Å². The van der Waals surface area contributed by atoms with E-state index in [2.05, 4.69) is 24.4 Å². The summed E-state index contributed by atoms with van der Waals surface area (Å²) in [5.41, 5.74) is 3.11. The molecule has 3 N–H and O–H groups in total. The minimum atomic E-state index is -0.0178. The molecule has 0 heterocycles. The average molecular weight is 361 g/mol. The molecular formula is C23H25N2O2+. The van der Waals surface area contributed by atoms with Gasteiger partial charge in [0.15, 0.2) is 6.54 Å². The maximum absolute atomic E-state index is 12.2. The van der Waals surface area contributed by atoms with Crippen molar-refractivity contribution < 1.29 is 14.8 Å². The molecule has 0 aliphatic heterocycles. The van der Waals surface area contributed by atoms with Gasteiger partial charge in [-0.2, -0.15) is 0 Å². The van der Waals surface area contributed by atoms with Crippen LogP contribution in [0.15, 0.2) is 84.9 Å². The van der Waals surface area contributed by atoms with Crippen molar-refractivity contribution in [2.24, 2.45) is 0 Å². The summed E-state index contributed by atoms with van der Waals surface area (Å²) in [6.45, 7) is 3.00. The third kappa shape index (κ3) is 5.97. The van der Waals surface area contributed by atoms with Crippen LogP contribution in [0.2, 0.25) is 0 Å². The summed E-state index contributed by atoms with van der Waals surface area (Å²) in [6, 6.07) is 27.9.